The van der Waals surface area contributed by atoms with Gasteiger partial charge in [-0.1, -0.05) is 37.3 Å². The highest BCUT2D eigenvalue weighted by molar-refractivity contribution is 7.89. The maximum atomic E-state index is 13.8. The number of rotatable bonds is 15. The number of methoxy groups -OCH3 is 1. The van der Waals surface area contributed by atoms with Crippen molar-refractivity contribution >= 4 is 22.4 Å². The molecule has 0 aliphatic heterocycles. The number of ether oxygens (including phenoxy) is 1. The van der Waals surface area contributed by atoms with E-state index in [1.807, 2.05) is 37.3 Å². The zero-order valence-electron chi connectivity index (χ0n) is 23.4. The van der Waals surface area contributed by atoms with Crippen molar-refractivity contribution in [1.82, 2.24) is 9.21 Å². The number of sulfonamides is 1. The van der Waals surface area contributed by atoms with Crippen molar-refractivity contribution in [3.63, 3.8) is 0 Å². The Morgan fingerprint density at radius 3 is 2.21 bits per heavy atom. The summed E-state index contributed by atoms with van der Waals surface area (Å²) >= 11 is 0. The van der Waals surface area contributed by atoms with Crippen molar-refractivity contribution in [2.24, 2.45) is 5.92 Å². The van der Waals surface area contributed by atoms with E-state index < -0.39 is 33.8 Å². The number of carbonyl (C=O) groups excluding carboxylic acids is 2. The van der Waals surface area contributed by atoms with Crippen LogP contribution in [0.2, 0.25) is 0 Å². The van der Waals surface area contributed by atoms with Gasteiger partial charge in [0, 0.05) is 25.0 Å². The third kappa shape index (κ3) is 9.33. The summed E-state index contributed by atoms with van der Waals surface area (Å²) in [5, 5.41) is 23.8. The quantitative estimate of drug-likeness (QED) is 0.331. The normalized spacial score (nSPS) is 14.4. The average molecular weight is 562 g/mol. The third-order valence-electron chi connectivity index (χ3n) is 6.72. The number of aldehydes is 1. The molecule has 0 radical (unpaired) electrons. The van der Waals surface area contributed by atoms with E-state index in [-0.39, 0.29) is 30.3 Å². The summed E-state index contributed by atoms with van der Waals surface area (Å²) in [5.74, 6) is 0.566. The van der Waals surface area contributed by atoms with E-state index in [0.29, 0.717) is 25.0 Å². The smallest absolute Gasteiger partial charge is 0.243 e. The summed E-state index contributed by atoms with van der Waals surface area (Å²) in [5.41, 5.74) is -0.119. The Labute approximate surface area is 232 Å². The summed E-state index contributed by atoms with van der Waals surface area (Å²) in [6.45, 7) is 6.81. The fraction of sp³-hybridized carbons (Fsp3) is 0.517. The lowest BCUT2D eigenvalue weighted by atomic mass is 9.94. The molecule has 2 rings (SSSR count). The Balaban J connectivity index is 2.46. The first kappa shape index (κ1) is 32.3. The lowest BCUT2D eigenvalue weighted by molar-refractivity contribution is -0.275. The minimum atomic E-state index is -4.06. The van der Waals surface area contributed by atoms with Crippen LogP contribution in [0.15, 0.2) is 59.5 Å². The van der Waals surface area contributed by atoms with Crippen LogP contribution < -0.4 is 9.84 Å². The molecular formula is C29H41N2O7S-. The summed E-state index contributed by atoms with van der Waals surface area (Å²) in [4.78, 5) is 24.2. The van der Waals surface area contributed by atoms with Gasteiger partial charge in [0.2, 0.25) is 10.0 Å². The predicted octanol–water partition coefficient (Wildman–Crippen LogP) is 3.11. The van der Waals surface area contributed by atoms with E-state index in [1.165, 1.54) is 23.5 Å². The van der Waals surface area contributed by atoms with Gasteiger partial charge in [-0.05, 0) is 75.8 Å². The number of aliphatic hydroxyl groups excluding tert-OH is 1. The fourth-order valence-corrected chi connectivity index (χ4v) is 6.03. The fourth-order valence-electron chi connectivity index (χ4n) is 4.56. The SMILES string of the molecule is COc1ccc(S(=O)(=O)N(CCC(C)CCC=O)C[C@@H](O)[C@H](Cc2ccccc2)N(C(=O)[O-])C(C)(C)C)cc1. The highest BCUT2D eigenvalue weighted by atomic mass is 32.2. The molecular weight excluding hydrogens is 520 g/mol. The molecule has 10 heteroatoms. The minimum absolute atomic E-state index is 0.0308. The van der Waals surface area contributed by atoms with Gasteiger partial charge in [-0.3, -0.25) is 0 Å². The topological polar surface area (TPSA) is 127 Å². The van der Waals surface area contributed by atoms with Crippen LogP contribution >= 0.6 is 0 Å². The van der Waals surface area contributed by atoms with Crippen molar-refractivity contribution in [2.45, 2.75) is 76.0 Å². The van der Waals surface area contributed by atoms with Gasteiger partial charge >= 0.3 is 0 Å². The number of hydrogen-bond donors (Lipinski definition) is 1. The van der Waals surface area contributed by atoms with E-state index in [4.69, 9.17) is 4.74 Å². The van der Waals surface area contributed by atoms with Crippen molar-refractivity contribution in [3.8, 4) is 5.75 Å². The van der Waals surface area contributed by atoms with Crippen LogP contribution in [0.1, 0.15) is 52.5 Å². The van der Waals surface area contributed by atoms with E-state index in [9.17, 15) is 28.2 Å². The van der Waals surface area contributed by atoms with Crippen LogP contribution in [-0.2, 0) is 21.2 Å². The molecule has 0 aromatic heterocycles. The van der Waals surface area contributed by atoms with Gasteiger partial charge in [0.25, 0.3) is 0 Å². The number of nitrogens with zero attached hydrogens (tertiary/aromatic N) is 2. The van der Waals surface area contributed by atoms with Gasteiger partial charge < -0.3 is 29.4 Å². The van der Waals surface area contributed by atoms with Gasteiger partial charge in [0.15, 0.2) is 0 Å². The van der Waals surface area contributed by atoms with Crippen molar-refractivity contribution in [2.75, 3.05) is 20.2 Å². The molecule has 0 saturated heterocycles. The summed E-state index contributed by atoms with van der Waals surface area (Å²) < 4.78 is 33.8. The number of aliphatic hydroxyl groups is 1. The van der Waals surface area contributed by atoms with E-state index in [2.05, 4.69) is 0 Å². The zero-order chi connectivity index (χ0) is 29.2. The van der Waals surface area contributed by atoms with E-state index in [0.717, 1.165) is 16.7 Å². The Kier molecular flexibility index (Phi) is 11.9. The molecule has 0 fully saturated rings. The zero-order valence-corrected chi connectivity index (χ0v) is 24.3. The first-order valence-electron chi connectivity index (χ1n) is 13.1. The van der Waals surface area contributed by atoms with Gasteiger partial charge in [-0.2, -0.15) is 4.31 Å². The van der Waals surface area contributed by atoms with Crippen LogP contribution in [0.3, 0.4) is 0 Å². The second kappa shape index (κ2) is 14.4. The average Bonchev–Trinajstić information content (AvgIpc) is 2.88. The summed E-state index contributed by atoms with van der Waals surface area (Å²) in [6, 6.07) is 14.1. The monoisotopic (exact) mass is 561 g/mol. The second-order valence-electron chi connectivity index (χ2n) is 10.8. The molecule has 1 unspecified atom stereocenters. The molecule has 1 amide bonds. The largest absolute Gasteiger partial charge is 0.530 e. The second-order valence-corrected chi connectivity index (χ2v) is 12.7. The van der Waals surface area contributed by atoms with Crippen LogP contribution in [0.4, 0.5) is 4.79 Å². The van der Waals surface area contributed by atoms with Crippen LogP contribution in [0, 0.1) is 5.92 Å². The Hall–Kier alpha value is -2.95. The Morgan fingerprint density at radius 1 is 1.08 bits per heavy atom. The molecule has 0 saturated carbocycles. The molecule has 39 heavy (non-hydrogen) atoms. The van der Waals surface area contributed by atoms with Crippen molar-refractivity contribution in [1.29, 1.82) is 0 Å². The lowest BCUT2D eigenvalue weighted by Crippen LogP contribution is -2.62. The summed E-state index contributed by atoms with van der Waals surface area (Å²) in [6.07, 6.45) is -0.360. The lowest BCUT2D eigenvalue weighted by Gasteiger charge is -2.46. The molecule has 0 aliphatic rings. The van der Waals surface area contributed by atoms with Crippen molar-refractivity contribution < 1.29 is 33.0 Å². The summed E-state index contributed by atoms with van der Waals surface area (Å²) in [7, 11) is -2.57. The van der Waals surface area contributed by atoms with Gasteiger partial charge in [-0.15, -0.1) is 0 Å². The van der Waals surface area contributed by atoms with E-state index in [1.54, 1.807) is 32.9 Å². The molecule has 1 N–H and O–H groups in total. The third-order valence-corrected chi connectivity index (χ3v) is 8.60. The molecule has 0 heterocycles. The first-order valence-corrected chi connectivity index (χ1v) is 14.6. The van der Waals surface area contributed by atoms with Crippen LogP contribution in [-0.4, -0.2) is 73.0 Å². The highest BCUT2D eigenvalue weighted by Gasteiger charge is 2.37. The van der Waals surface area contributed by atoms with Crippen LogP contribution in [0.5, 0.6) is 5.75 Å². The Morgan fingerprint density at radius 2 is 1.69 bits per heavy atom. The van der Waals surface area contributed by atoms with Gasteiger partial charge in [0.1, 0.15) is 18.1 Å². The van der Waals surface area contributed by atoms with Crippen molar-refractivity contribution in [3.05, 3.63) is 60.2 Å². The molecule has 0 spiro atoms. The standard InChI is InChI=1S/C29H42N2O7S/c1-22(10-9-19-32)17-18-30(39(36,37)25-15-13-24(38-5)14-16-25)21-27(33)26(20-23-11-7-6-8-12-23)31(28(34)35)29(2,3)4/h6-8,11-16,19,22,26-27,33H,9-10,17-18,20-21H2,1-5H3,(H,34,35)/p-1/t22?,26-,27+/m0/s1. The molecule has 216 valence electrons. The maximum absolute atomic E-state index is 13.8. The molecule has 2 aromatic carbocycles. The highest BCUT2D eigenvalue weighted by Crippen LogP contribution is 2.26. The van der Waals surface area contributed by atoms with E-state index >= 15 is 0 Å². The minimum Gasteiger partial charge on any atom is -0.530 e. The number of benzene rings is 2. The predicted molar refractivity (Wildman–Crippen MR) is 148 cm³/mol. The van der Waals surface area contributed by atoms with Gasteiger partial charge in [0.05, 0.1) is 24.2 Å². The molecule has 0 aliphatic carbocycles. The molecule has 3 atom stereocenters. The first-order chi connectivity index (χ1) is 18.3. The number of amides is 1. The van der Waals surface area contributed by atoms with Crippen LogP contribution in [0.25, 0.3) is 0 Å². The maximum Gasteiger partial charge on any atom is 0.243 e. The molecule has 2 aromatic rings. The number of hydrogen-bond acceptors (Lipinski definition) is 7. The molecule has 9 nitrogen and oxygen atoms in total. The molecule has 0 bridgehead atoms. The number of carboxylic acid groups (broad SMARTS) is 1. The Bertz CT molecular complexity index is 1150. The van der Waals surface area contributed by atoms with Gasteiger partial charge in [-0.25, -0.2) is 8.42 Å². The number of carbonyl (C=O) groups is 2.